The second-order valence-electron chi connectivity index (χ2n) is 8.18. The Morgan fingerprint density at radius 2 is 1.82 bits per heavy atom. The van der Waals surface area contributed by atoms with Crippen LogP contribution in [0, 0.1) is 5.82 Å². The molecule has 2 aromatic rings. The van der Waals surface area contributed by atoms with E-state index in [4.69, 9.17) is 20.7 Å². The molecule has 180 valence electrons. The molecule has 0 aliphatic carbocycles. The van der Waals surface area contributed by atoms with Crippen molar-refractivity contribution >= 4 is 34.2 Å². The van der Waals surface area contributed by atoms with Crippen LogP contribution < -0.4 is 20.8 Å². The topological polar surface area (TPSA) is 159 Å². The number of aliphatic carboxylic acids is 1. The van der Waals surface area contributed by atoms with E-state index in [-0.39, 0.29) is 35.2 Å². The highest BCUT2D eigenvalue weighted by Crippen LogP contribution is 2.45. The molecule has 1 saturated heterocycles. The quantitative estimate of drug-likeness (QED) is 0.471. The van der Waals surface area contributed by atoms with Gasteiger partial charge in [-0.2, -0.15) is 0 Å². The van der Waals surface area contributed by atoms with Crippen molar-refractivity contribution in [3.05, 3.63) is 27.8 Å². The van der Waals surface area contributed by atoms with Gasteiger partial charge in [-0.1, -0.05) is 0 Å². The van der Waals surface area contributed by atoms with Crippen LogP contribution in [0.4, 0.5) is 15.8 Å². The summed E-state index contributed by atoms with van der Waals surface area (Å²) in [6.07, 6.45) is 0.0689. The van der Waals surface area contributed by atoms with E-state index in [1.54, 1.807) is 4.57 Å². The third-order valence-corrected chi connectivity index (χ3v) is 5.73. The van der Waals surface area contributed by atoms with E-state index in [1.807, 2.05) is 18.9 Å². The fourth-order valence-electron chi connectivity index (χ4n) is 3.80. The van der Waals surface area contributed by atoms with E-state index in [2.05, 4.69) is 4.90 Å². The number of halogens is 1. The normalized spacial score (nSPS) is 18.8. The molecule has 2 atom stereocenters. The van der Waals surface area contributed by atoms with Crippen molar-refractivity contribution in [3.63, 3.8) is 0 Å². The molecule has 33 heavy (non-hydrogen) atoms. The minimum Gasteiger partial charge on any atom is -0.487 e. The monoisotopic (exact) mass is 466 g/mol. The van der Waals surface area contributed by atoms with Crippen LogP contribution in [0.25, 0.3) is 10.9 Å². The Labute approximate surface area is 188 Å². The molecule has 0 amide bonds. The molecule has 3 heterocycles. The number of pyridine rings is 1. The number of benzene rings is 1. The number of nitrogens with two attached hydrogens (primary N) is 1. The molecule has 1 fully saturated rings. The number of anilines is 2. The molecule has 12 heteroatoms. The SMILES string of the molecule is CC(O)C(=O)O.C[C@H]1COc2c(N3CCN(C)CC3)c(F)c(N)c3c(=O)c(C(=O)O)cn1c23. The molecule has 1 unspecified atom stereocenters. The molecule has 1 aromatic carbocycles. The van der Waals surface area contributed by atoms with E-state index < -0.39 is 34.9 Å². The average Bonchev–Trinajstić information content (AvgIpc) is 2.75. The maximum Gasteiger partial charge on any atom is 0.341 e. The van der Waals surface area contributed by atoms with Gasteiger partial charge < -0.3 is 40.2 Å². The maximum absolute atomic E-state index is 15.3. The zero-order chi connectivity index (χ0) is 24.6. The first-order chi connectivity index (χ1) is 15.5. The van der Waals surface area contributed by atoms with Crippen molar-refractivity contribution in [1.82, 2.24) is 9.47 Å². The van der Waals surface area contributed by atoms with Crippen molar-refractivity contribution in [2.24, 2.45) is 0 Å². The zero-order valence-electron chi connectivity index (χ0n) is 18.5. The summed E-state index contributed by atoms with van der Waals surface area (Å²) in [5.74, 6) is -3.03. The molecule has 0 spiro atoms. The number of rotatable bonds is 3. The number of aliphatic hydroxyl groups excluding tert-OH is 1. The maximum atomic E-state index is 15.3. The standard InChI is InChI=1S/C18H21FN4O4.C3H6O3/c1-9-8-27-17-14-11(16(24)10(18(25)26)7-23(9)14)13(20)12(19)15(17)22-5-3-21(2)4-6-22;1-2(4)3(5)6/h7,9H,3-6,8,20H2,1-2H3,(H,25,26);2,4H,1H3,(H,5,6)/t9-;/m0./s1. The molecule has 0 saturated carbocycles. The van der Waals surface area contributed by atoms with E-state index in [1.165, 1.54) is 13.1 Å². The van der Waals surface area contributed by atoms with Gasteiger partial charge in [0.1, 0.15) is 24.0 Å². The number of hydrogen-bond donors (Lipinski definition) is 4. The van der Waals surface area contributed by atoms with Gasteiger partial charge >= 0.3 is 11.9 Å². The van der Waals surface area contributed by atoms with Gasteiger partial charge in [0.25, 0.3) is 0 Å². The van der Waals surface area contributed by atoms with Crippen LogP contribution in [0.2, 0.25) is 0 Å². The number of carboxylic acids is 2. The van der Waals surface area contributed by atoms with E-state index >= 15 is 4.39 Å². The minimum atomic E-state index is -1.37. The fourth-order valence-corrected chi connectivity index (χ4v) is 3.80. The molecule has 2 aliphatic heterocycles. The van der Waals surface area contributed by atoms with Gasteiger partial charge in [-0.25, -0.2) is 14.0 Å². The lowest BCUT2D eigenvalue weighted by atomic mass is 10.0. The highest BCUT2D eigenvalue weighted by atomic mass is 19.1. The number of nitrogens with zero attached hydrogens (tertiary/aromatic N) is 3. The number of carbonyl (C=O) groups is 2. The number of hydrogen-bond acceptors (Lipinski definition) is 8. The Morgan fingerprint density at radius 3 is 2.33 bits per heavy atom. The van der Waals surface area contributed by atoms with E-state index in [0.717, 1.165) is 13.1 Å². The number of carboxylic acid groups (broad SMARTS) is 2. The van der Waals surface area contributed by atoms with Crippen LogP contribution in [0.1, 0.15) is 30.2 Å². The lowest BCUT2D eigenvalue weighted by Crippen LogP contribution is -2.45. The number of aromatic nitrogens is 1. The number of nitrogen functional groups attached to an aromatic ring is 1. The van der Waals surface area contributed by atoms with Gasteiger partial charge in [0.15, 0.2) is 11.6 Å². The Balaban J connectivity index is 0.000000454. The van der Waals surface area contributed by atoms with Crippen molar-refractivity contribution in [1.29, 1.82) is 0 Å². The predicted octanol–water partition coefficient (Wildman–Crippen LogP) is 0.578. The Hall–Kier alpha value is -3.38. The lowest BCUT2D eigenvalue weighted by molar-refractivity contribution is -0.145. The summed E-state index contributed by atoms with van der Waals surface area (Å²) < 4.78 is 22.8. The summed E-state index contributed by atoms with van der Waals surface area (Å²) in [7, 11) is 2.00. The van der Waals surface area contributed by atoms with Gasteiger partial charge in [0, 0.05) is 32.4 Å². The van der Waals surface area contributed by atoms with Crippen molar-refractivity contribution in [2.75, 3.05) is 50.5 Å². The molecular formula is C21H27FN4O7. The summed E-state index contributed by atoms with van der Waals surface area (Å²) in [5, 5.41) is 25.0. The summed E-state index contributed by atoms with van der Waals surface area (Å²) in [6, 6.07) is -0.219. The summed E-state index contributed by atoms with van der Waals surface area (Å²) in [5.41, 5.74) is 5.06. The van der Waals surface area contributed by atoms with E-state index in [0.29, 0.717) is 18.6 Å². The molecule has 0 bridgehead atoms. The first-order valence-corrected chi connectivity index (χ1v) is 10.4. The van der Waals surface area contributed by atoms with Crippen LogP contribution in [0.3, 0.4) is 0 Å². The van der Waals surface area contributed by atoms with Crippen molar-refractivity contribution in [2.45, 2.75) is 26.0 Å². The highest BCUT2D eigenvalue weighted by molar-refractivity contribution is 6.03. The molecule has 0 radical (unpaired) electrons. The van der Waals surface area contributed by atoms with Crippen LogP contribution in [0.5, 0.6) is 5.75 Å². The lowest BCUT2D eigenvalue weighted by Gasteiger charge is -2.37. The first-order valence-electron chi connectivity index (χ1n) is 10.4. The van der Waals surface area contributed by atoms with Gasteiger partial charge in [-0.05, 0) is 20.9 Å². The Kier molecular flexibility index (Phi) is 6.79. The van der Waals surface area contributed by atoms with Crippen molar-refractivity contribution < 1.29 is 34.0 Å². The summed E-state index contributed by atoms with van der Waals surface area (Å²) >= 11 is 0. The van der Waals surface area contributed by atoms with Gasteiger partial charge in [-0.15, -0.1) is 0 Å². The molecule has 2 aliphatic rings. The largest absolute Gasteiger partial charge is 0.487 e. The summed E-state index contributed by atoms with van der Waals surface area (Å²) in [4.78, 5) is 37.7. The second kappa shape index (κ2) is 9.24. The van der Waals surface area contributed by atoms with Crippen LogP contribution in [-0.4, -0.2) is 82.7 Å². The molecule has 11 nitrogen and oxygen atoms in total. The highest BCUT2D eigenvalue weighted by Gasteiger charge is 2.33. The Morgan fingerprint density at radius 1 is 1.24 bits per heavy atom. The number of likely N-dealkylation sites (N-methyl/N-ethyl adjacent to an activating group) is 1. The fraction of sp³-hybridized carbons (Fsp3) is 0.476. The molecular weight excluding hydrogens is 439 g/mol. The third kappa shape index (κ3) is 4.44. The van der Waals surface area contributed by atoms with Crippen LogP contribution in [0.15, 0.2) is 11.0 Å². The predicted molar refractivity (Wildman–Crippen MR) is 119 cm³/mol. The number of aromatic carboxylic acids is 1. The van der Waals surface area contributed by atoms with Crippen LogP contribution in [-0.2, 0) is 4.79 Å². The third-order valence-electron chi connectivity index (χ3n) is 5.73. The number of piperazine rings is 1. The smallest absolute Gasteiger partial charge is 0.341 e. The van der Waals surface area contributed by atoms with Gasteiger partial charge in [0.05, 0.1) is 22.6 Å². The number of ether oxygens (including phenoxy) is 1. The van der Waals surface area contributed by atoms with Gasteiger partial charge in [-0.3, -0.25) is 4.79 Å². The molecule has 1 aromatic heterocycles. The average molecular weight is 466 g/mol. The van der Waals surface area contributed by atoms with Crippen LogP contribution >= 0.6 is 0 Å². The number of aliphatic hydroxyl groups is 1. The Bertz CT molecular complexity index is 1160. The first kappa shape index (κ1) is 24.3. The molecule has 5 N–H and O–H groups in total. The molecule has 4 rings (SSSR count). The van der Waals surface area contributed by atoms with Gasteiger partial charge in [0.2, 0.25) is 5.43 Å². The van der Waals surface area contributed by atoms with E-state index in [9.17, 15) is 19.5 Å². The minimum absolute atomic E-state index is 0.133. The van der Waals surface area contributed by atoms with Crippen molar-refractivity contribution in [3.8, 4) is 5.75 Å². The summed E-state index contributed by atoms with van der Waals surface area (Å²) in [6.45, 7) is 6.00. The second-order valence-corrected chi connectivity index (χ2v) is 8.18. The zero-order valence-corrected chi connectivity index (χ0v) is 18.5.